The summed E-state index contributed by atoms with van der Waals surface area (Å²) >= 11 is 10.2. The maximum Gasteiger partial charge on any atom is 0.261 e. The molecule has 1 amide bonds. The number of carbonyl (C=O) groups is 1. The van der Waals surface area contributed by atoms with Crippen LogP contribution in [-0.2, 0) is 12.8 Å². The first kappa shape index (κ1) is 19.8. The Morgan fingerprint density at radius 2 is 2.19 bits per heavy atom. The number of nitriles is 1. The van der Waals surface area contributed by atoms with E-state index in [9.17, 15) is 10.1 Å². The van der Waals surface area contributed by atoms with E-state index in [1.54, 1.807) is 23.5 Å². The molecule has 0 saturated carbocycles. The van der Waals surface area contributed by atoms with Gasteiger partial charge in [0, 0.05) is 9.35 Å². The van der Waals surface area contributed by atoms with E-state index >= 15 is 0 Å². The topological polar surface area (TPSA) is 74.2 Å². The fourth-order valence-electron chi connectivity index (χ4n) is 3.04. The van der Waals surface area contributed by atoms with Gasteiger partial charge in [-0.15, -0.1) is 11.3 Å². The number of halogens is 1. The van der Waals surface area contributed by atoms with E-state index in [2.05, 4.69) is 32.6 Å². The summed E-state index contributed by atoms with van der Waals surface area (Å²) in [5, 5.41) is 16.1. The molecule has 1 aromatic heterocycles. The molecule has 5 nitrogen and oxygen atoms in total. The van der Waals surface area contributed by atoms with Gasteiger partial charge in [0.15, 0.2) is 5.11 Å². The lowest BCUT2D eigenvalue weighted by Crippen LogP contribution is -2.34. The third-order valence-electron chi connectivity index (χ3n) is 4.22. The van der Waals surface area contributed by atoms with Crippen molar-refractivity contribution < 1.29 is 9.53 Å². The van der Waals surface area contributed by atoms with Crippen molar-refractivity contribution in [1.82, 2.24) is 5.32 Å². The number of benzene rings is 1. The predicted octanol–water partition coefficient (Wildman–Crippen LogP) is 4.79. The number of aryl methyl sites for hydroxylation is 1. The minimum atomic E-state index is -0.364. The van der Waals surface area contributed by atoms with Crippen LogP contribution in [0.2, 0.25) is 0 Å². The van der Waals surface area contributed by atoms with Crippen molar-refractivity contribution in [2.45, 2.75) is 32.6 Å². The van der Waals surface area contributed by atoms with Crippen LogP contribution in [0.4, 0.5) is 5.00 Å². The zero-order valence-electron chi connectivity index (χ0n) is 14.7. The van der Waals surface area contributed by atoms with Crippen molar-refractivity contribution in [3.05, 3.63) is 44.2 Å². The predicted molar refractivity (Wildman–Crippen MR) is 115 cm³/mol. The molecular weight excluding hydrogens is 446 g/mol. The molecule has 140 valence electrons. The van der Waals surface area contributed by atoms with Crippen LogP contribution in [0.25, 0.3) is 0 Å². The Bertz CT molecular complexity index is 934. The Morgan fingerprint density at radius 3 is 2.93 bits per heavy atom. The van der Waals surface area contributed by atoms with Crippen LogP contribution in [0.5, 0.6) is 5.75 Å². The van der Waals surface area contributed by atoms with E-state index in [4.69, 9.17) is 17.0 Å². The van der Waals surface area contributed by atoms with Gasteiger partial charge < -0.3 is 10.1 Å². The molecule has 0 fully saturated rings. The van der Waals surface area contributed by atoms with Crippen molar-refractivity contribution in [1.29, 1.82) is 5.26 Å². The van der Waals surface area contributed by atoms with E-state index in [1.807, 2.05) is 13.0 Å². The standard InChI is InChI=1S/C19H18BrN3O2S2/c1-2-25-15-8-7-11(20)9-13(15)17(24)22-19(26)23-18-14(10-21)12-5-3-4-6-16(12)27-18/h7-9H,2-6H2,1H3,(H2,22,23,24,26). The highest BCUT2D eigenvalue weighted by Gasteiger charge is 2.22. The number of nitrogens with zero attached hydrogens (tertiary/aromatic N) is 1. The minimum Gasteiger partial charge on any atom is -0.493 e. The highest BCUT2D eigenvalue weighted by Crippen LogP contribution is 2.37. The lowest BCUT2D eigenvalue weighted by atomic mass is 9.96. The number of rotatable bonds is 4. The molecule has 0 radical (unpaired) electrons. The Hall–Kier alpha value is -1.95. The van der Waals surface area contributed by atoms with Crippen molar-refractivity contribution in [2.75, 3.05) is 11.9 Å². The third kappa shape index (κ3) is 4.49. The number of hydrogen-bond acceptors (Lipinski definition) is 5. The maximum absolute atomic E-state index is 12.6. The minimum absolute atomic E-state index is 0.164. The highest BCUT2D eigenvalue weighted by molar-refractivity contribution is 9.10. The number of hydrogen-bond donors (Lipinski definition) is 2. The van der Waals surface area contributed by atoms with Gasteiger partial charge in [-0.25, -0.2) is 0 Å². The number of thiophene rings is 1. The normalized spacial score (nSPS) is 12.6. The van der Waals surface area contributed by atoms with Gasteiger partial charge in [0.05, 0.1) is 17.7 Å². The summed E-state index contributed by atoms with van der Waals surface area (Å²) in [5.41, 5.74) is 2.15. The second kappa shape index (κ2) is 8.83. The van der Waals surface area contributed by atoms with E-state index < -0.39 is 0 Å². The molecule has 2 N–H and O–H groups in total. The Morgan fingerprint density at radius 1 is 1.41 bits per heavy atom. The van der Waals surface area contributed by atoms with E-state index in [0.29, 0.717) is 28.5 Å². The largest absolute Gasteiger partial charge is 0.493 e. The molecule has 3 rings (SSSR count). The lowest BCUT2D eigenvalue weighted by molar-refractivity contribution is 0.0974. The molecule has 1 heterocycles. The van der Waals surface area contributed by atoms with E-state index in [-0.39, 0.29) is 11.0 Å². The van der Waals surface area contributed by atoms with Crippen molar-refractivity contribution in [2.24, 2.45) is 0 Å². The first-order valence-corrected chi connectivity index (χ1v) is 10.6. The second-order valence-corrected chi connectivity index (χ2v) is 8.44. The summed E-state index contributed by atoms with van der Waals surface area (Å²) in [4.78, 5) is 13.9. The molecule has 0 unspecified atom stereocenters. The molecule has 8 heteroatoms. The molecular formula is C19H18BrN3O2S2. The van der Waals surface area contributed by atoms with Gasteiger partial charge >= 0.3 is 0 Å². The number of carbonyl (C=O) groups excluding carboxylic acids is 1. The molecule has 27 heavy (non-hydrogen) atoms. The van der Waals surface area contributed by atoms with Crippen molar-refractivity contribution in [3.8, 4) is 11.8 Å². The molecule has 0 aliphatic heterocycles. The first-order valence-electron chi connectivity index (χ1n) is 8.62. The maximum atomic E-state index is 12.6. The lowest BCUT2D eigenvalue weighted by Gasteiger charge is -2.12. The average Bonchev–Trinajstić information content (AvgIpc) is 2.99. The Kier molecular flexibility index (Phi) is 6.47. The van der Waals surface area contributed by atoms with Crippen molar-refractivity contribution >= 4 is 55.5 Å². The molecule has 1 aliphatic rings. The van der Waals surface area contributed by atoms with Gasteiger partial charge in [-0.3, -0.25) is 10.1 Å². The van der Waals surface area contributed by atoms with Crippen LogP contribution in [0.1, 0.15) is 46.1 Å². The molecule has 0 spiro atoms. The van der Waals surface area contributed by atoms with Gasteiger partial charge in [0.25, 0.3) is 5.91 Å². The van der Waals surface area contributed by atoms with Crippen LogP contribution in [0, 0.1) is 11.3 Å². The van der Waals surface area contributed by atoms with E-state index in [1.165, 1.54) is 4.88 Å². The second-order valence-electron chi connectivity index (χ2n) is 6.01. The summed E-state index contributed by atoms with van der Waals surface area (Å²) in [5.74, 6) is 0.127. The van der Waals surface area contributed by atoms with Gasteiger partial charge in [-0.2, -0.15) is 5.26 Å². The Labute approximate surface area is 175 Å². The molecule has 2 aromatic rings. The number of anilines is 1. The molecule has 1 aliphatic carbocycles. The van der Waals surface area contributed by atoms with Gasteiger partial charge in [-0.1, -0.05) is 15.9 Å². The first-order chi connectivity index (χ1) is 13.0. The van der Waals surface area contributed by atoms with Crippen molar-refractivity contribution in [3.63, 3.8) is 0 Å². The monoisotopic (exact) mass is 463 g/mol. The molecule has 0 atom stereocenters. The van der Waals surface area contributed by atoms with Crippen LogP contribution >= 0.6 is 39.5 Å². The summed E-state index contributed by atoms with van der Waals surface area (Å²) in [7, 11) is 0. The van der Waals surface area contributed by atoms with Gasteiger partial charge in [0.2, 0.25) is 0 Å². The summed E-state index contributed by atoms with van der Waals surface area (Å²) < 4.78 is 6.29. The van der Waals surface area contributed by atoms with Gasteiger partial charge in [-0.05, 0) is 68.6 Å². The number of ether oxygens (including phenoxy) is 1. The van der Waals surface area contributed by atoms with Gasteiger partial charge in [0.1, 0.15) is 16.8 Å². The summed E-state index contributed by atoms with van der Waals surface area (Å²) in [6, 6.07) is 7.51. The third-order valence-corrected chi connectivity index (χ3v) is 6.13. The van der Waals surface area contributed by atoms with Crippen LogP contribution in [0.15, 0.2) is 22.7 Å². The summed E-state index contributed by atoms with van der Waals surface area (Å²) in [6.45, 7) is 2.31. The summed E-state index contributed by atoms with van der Waals surface area (Å²) in [6.07, 6.45) is 4.15. The Balaban J connectivity index is 1.75. The highest BCUT2D eigenvalue weighted by atomic mass is 79.9. The average molecular weight is 464 g/mol. The number of amides is 1. The van der Waals surface area contributed by atoms with Crippen LogP contribution in [0.3, 0.4) is 0 Å². The zero-order valence-corrected chi connectivity index (χ0v) is 17.9. The number of thiocarbonyl (C=S) groups is 1. The fourth-order valence-corrected chi connectivity index (χ4v) is 4.90. The smallest absolute Gasteiger partial charge is 0.261 e. The molecule has 0 bridgehead atoms. The zero-order chi connectivity index (χ0) is 19.4. The molecule has 1 aromatic carbocycles. The quantitative estimate of drug-likeness (QED) is 0.637. The number of nitrogens with one attached hydrogen (secondary N) is 2. The molecule has 0 saturated heterocycles. The van der Waals surface area contributed by atoms with Crippen LogP contribution in [-0.4, -0.2) is 17.6 Å². The van der Waals surface area contributed by atoms with Crippen LogP contribution < -0.4 is 15.4 Å². The fraction of sp³-hybridized carbons (Fsp3) is 0.316. The SMILES string of the molecule is CCOc1ccc(Br)cc1C(=O)NC(=S)Nc1sc2c(c1C#N)CCCC2. The van der Waals surface area contributed by atoms with E-state index in [0.717, 1.165) is 35.7 Å². The number of fused-ring (bicyclic) bond motifs is 1.